The number of aliphatic hydroxyl groups is 2. The molecule has 246 valence electrons. The molecular formula is C32H37F2N5O7. The van der Waals surface area contributed by atoms with E-state index < -0.39 is 55.2 Å². The second-order valence-corrected chi connectivity index (χ2v) is 11.4. The minimum atomic E-state index is -2.62. The summed E-state index contributed by atoms with van der Waals surface area (Å²) >= 11 is 0. The summed E-state index contributed by atoms with van der Waals surface area (Å²) in [6.45, 7) is 3.46. The zero-order valence-electron chi connectivity index (χ0n) is 25.7. The molecule has 0 spiro atoms. The van der Waals surface area contributed by atoms with Crippen LogP contribution in [0.3, 0.4) is 0 Å². The van der Waals surface area contributed by atoms with Crippen LogP contribution in [-0.2, 0) is 29.5 Å². The summed E-state index contributed by atoms with van der Waals surface area (Å²) < 4.78 is 36.1. The fourth-order valence-electron chi connectivity index (χ4n) is 5.40. The third-order valence-corrected chi connectivity index (χ3v) is 7.94. The highest BCUT2D eigenvalue weighted by molar-refractivity contribution is 5.83. The maximum absolute atomic E-state index is 13.1. The number of esters is 2. The number of hydrogen-bond donors (Lipinski definition) is 4. The first kappa shape index (κ1) is 34.3. The van der Waals surface area contributed by atoms with Gasteiger partial charge in [0.2, 0.25) is 12.7 Å². The molecule has 14 heteroatoms. The molecule has 3 aromatic rings. The second kappa shape index (κ2) is 15.1. The highest BCUT2D eigenvalue weighted by atomic mass is 19.3. The highest BCUT2D eigenvalue weighted by Gasteiger charge is 2.39. The molecule has 1 amide bonds. The molecule has 0 saturated heterocycles. The van der Waals surface area contributed by atoms with Gasteiger partial charge in [0.25, 0.3) is 6.43 Å². The van der Waals surface area contributed by atoms with Crippen LogP contribution in [0.1, 0.15) is 62.8 Å². The van der Waals surface area contributed by atoms with Crippen LogP contribution >= 0.6 is 0 Å². The van der Waals surface area contributed by atoms with E-state index in [-0.39, 0.29) is 17.3 Å². The van der Waals surface area contributed by atoms with Crippen molar-refractivity contribution in [2.75, 3.05) is 18.7 Å². The van der Waals surface area contributed by atoms with Gasteiger partial charge in [0, 0.05) is 30.4 Å². The maximum atomic E-state index is 13.1. The number of halogens is 2. The van der Waals surface area contributed by atoms with E-state index >= 15 is 0 Å². The molecule has 1 saturated carbocycles. The van der Waals surface area contributed by atoms with Gasteiger partial charge in [-0.05, 0) is 87.4 Å². The van der Waals surface area contributed by atoms with Gasteiger partial charge in [-0.25, -0.2) is 23.5 Å². The maximum Gasteiger partial charge on any atom is 0.333 e. The number of alkyl halides is 2. The lowest BCUT2D eigenvalue weighted by atomic mass is 9.73. The van der Waals surface area contributed by atoms with Crippen LogP contribution in [0.25, 0.3) is 11.3 Å². The Hall–Kier alpha value is -4.56. The first-order valence-corrected chi connectivity index (χ1v) is 14.8. The quantitative estimate of drug-likeness (QED) is 0.166. The van der Waals surface area contributed by atoms with E-state index in [1.54, 1.807) is 31.3 Å². The van der Waals surface area contributed by atoms with Crippen LogP contribution in [0.2, 0.25) is 0 Å². The van der Waals surface area contributed by atoms with Gasteiger partial charge < -0.3 is 30.3 Å². The van der Waals surface area contributed by atoms with Crippen LogP contribution in [-0.4, -0.2) is 62.5 Å². The number of pyridine rings is 3. The SMILES string of the molecule is CC(=O)N[C@@H](CO)C(=O)OCOC(=O)C1CCC([C@@](C)(O)c2ccc(-c3cc(C)cc(Nc4cc(C(F)F)ccn4)n3)cn2)CC1. The lowest BCUT2D eigenvalue weighted by Crippen LogP contribution is -2.43. The van der Waals surface area contributed by atoms with Crippen LogP contribution in [0.4, 0.5) is 20.4 Å². The fraction of sp³-hybridized carbons (Fsp3) is 0.438. The number of ether oxygens (including phenoxy) is 2. The van der Waals surface area contributed by atoms with Gasteiger partial charge in [-0.15, -0.1) is 0 Å². The van der Waals surface area contributed by atoms with Gasteiger partial charge in [0.15, 0.2) is 6.04 Å². The predicted molar refractivity (Wildman–Crippen MR) is 161 cm³/mol. The Balaban J connectivity index is 1.33. The number of nitrogens with zero attached hydrogens (tertiary/aromatic N) is 3. The van der Waals surface area contributed by atoms with Gasteiger partial charge in [0.1, 0.15) is 17.2 Å². The average molecular weight is 642 g/mol. The zero-order valence-corrected chi connectivity index (χ0v) is 25.7. The Bertz CT molecular complexity index is 1530. The number of hydrogen-bond acceptors (Lipinski definition) is 11. The van der Waals surface area contributed by atoms with E-state index in [2.05, 4.69) is 25.6 Å². The van der Waals surface area contributed by atoms with Crippen molar-refractivity contribution in [2.45, 2.75) is 64.5 Å². The lowest BCUT2D eigenvalue weighted by molar-refractivity contribution is -0.173. The molecule has 1 fully saturated rings. The molecular weight excluding hydrogens is 604 g/mol. The van der Waals surface area contributed by atoms with E-state index in [1.807, 2.05) is 13.0 Å². The van der Waals surface area contributed by atoms with Crippen molar-refractivity contribution in [3.8, 4) is 11.3 Å². The van der Waals surface area contributed by atoms with Crippen molar-refractivity contribution in [1.29, 1.82) is 0 Å². The van der Waals surface area contributed by atoms with Crippen LogP contribution in [0.15, 0.2) is 48.8 Å². The smallest absolute Gasteiger partial charge is 0.333 e. The first-order chi connectivity index (χ1) is 21.9. The largest absolute Gasteiger partial charge is 0.428 e. The summed E-state index contributed by atoms with van der Waals surface area (Å²) in [7, 11) is 0. The molecule has 2 atom stereocenters. The molecule has 3 aromatic heterocycles. The third-order valence-electron chi connectivity index (χ3n) is 7.94. The Morgan fingerprint density at radius 2 is 1.78 bits per heavy atom. The molecule has 0 radical (unpaired) electrons. The molecule has 3 heterocycles. The number of carbonyl (C=O) groups is 3. The van der Waals surface area contributed by atoms with E-state index in [4.69, 9.17) is 9.47 Å². The summed E-state index contributed by atoms with van der Waals surface area (Å²) in [5.41, 5.74) is 1.20. The average Bonchev–Trinajstić information content (AvgIpc) is 3.03. The first-order valence-electron chi connectivity index (χ1n) is 14.8. The number of aryl methyl sites for hydroxylation is 1. The van der Waals surface area contributed by atoms with Crippen LogP contribution in [0, 0.1) is 18.8 Å². The standard InChI is InChI=1S/C32H37F2N5O7/c1-18-12-24(38-28(13-18)39-27-14-21(29(33)34)10-11-35-27)22-6-9-26(36-15-22)32(3,44)23-7-4-20(5-8-23)30(42)45-17-46-31(43)25(16-40)37-19(2)41/h6,9-15,20,23,25,29,40,44H,4-5,7-8,16-17H2,1-3H3,(H,37,41)(H,35,38,39)/t20?,23?,25-,32+/m0/s1. The lowest BCUT2D eigenvalue weighted by Gasteiger charge is -2.37. The Morgan fingerprint density at radius 1 is 1.04 bits per heavy atom. The summed E-state index contributed by atoms with van der Waals surface area (Å²) in [4.78, 5) is 48.8. The van der Waals surface area contributed by atoms with E-state index in [9.17, 15) is 33.4 Å². The van der Waals surface area contributed by atoms with Crippen LogP contribution in [0.5, 0.6) is 0 Å². The van der Waals surface area contributed by atoms with E-state index in [0.717, 1.165) is 5.56 Å². The van der Waals surface area contributed by atoms with Gasteiger partial charge in [-0.2, -0.15) is 0 Å². The Morgan fingerprint density at radius 3 is 2.41 bits per heavy atom. The van der Waals surface area contributed by atoms with Gasteiger partial charge in [-0.3, -0.25) is 14.6 Å². The summed E-state index contributed by atoms with van der Waals surface area (Å²) in [6, 6.07) is 8.44. The van der Waals surface area contributed by atoms with Crippen molar-refractivity contribution >= 4 is 29.5 Å². The normalized spacial score (nSPS) is 18.3. The van der Waals surface area contributed by atoms with Crippen molar-refractivity contribution in [3.63, 3.8) is 0 Å². The molecule has 1 aliphatic carbocycles. The summed E-state index contributed by atoms with van der Waals surface area (Å²) in [6.07, 6.45) is 2.26. The van der Waals surface area contributed by atoms with Gasteiger partial charge in [0.05, 0.1) is 23.9 Å². The monoisotopic (exact) mass is 641 g/mol. The molecule has 0 bridgehead atoms. The minimum absolute atomic E-state index is 0.151. The molecule has 4 rings (SSSR count). The Labute approximate surface area is 264 Å². The number of nitrogens with one attached hydrogen (secondary N) is 2. The van der Waals surface area contributed by atoms with E-state index in [1.165, 1.54) is 25.3 Å². The molecule has 0 aromatic carbocycles. The van der Waals surface area contributed by atoms with Crippen molar-refractivity contribution < 1.29 is 42.9 Å². The third kappa shape index (κ3) is 8.79. The number of carbonyl (C=O) groups excluding carboxylic acids is 3. The molecule has 12 nitrogen and oxygen atoms in total. The second-order valence-electron chi connectivity index (χ2n) is 11.4. The number of aliphatic hydroxyl groups excluding tert-OH is 1. The summed E-state index contributed by atoms with van der Waals surface area (Å²) in [5.74, 6) is -1.92. The molecule has 1 aliphatic rings. The number of anilines is 2. The minimum Gasteiger partial charge on any atom is -0.428 e. The topological polar surface area (TPSA) is 173 Å². The van der Waals surface area contributed by atoms with Gasteiger partial charge >= 0.3 is 11.9 Å². The number of rotatable bonds is 12. The van der Waals surface area contributed by atoms with Crippen molar-refractivity contribution in [2.24, 2.45) is 11.8 Å². The van der Waals surface area contributed by atoms with E-state index in [0.29, 0.717) is 48.5 Å². The Kier molecular flexibility index (Phi) is 11.3. The highest BCUT2D eigenvalue weighted by Crippen LogP contribution is 2.41. The molecule has 0 unspecified atom stereocenters. The molecule has 46 heavy (non-hydrogen) atoms. The molecule has 4 N–H and O–H groups in total. The van der Waals surface area contributed by atoms with Crippen molar-refractivity contribution in [3.05, 3.63) is 65.6 Å². The summed E-state index contributed by atoms with van der Waals surface area (Å²) in [5, 5.41) is 25.9. The number of aromatic nitrogens is 3. The molecule has 0 aliphatic heterocycles. The van der Waals surface area contributed by atoms with Crippen LogP contribution < -0.4 is 10.6 Å². The van der Waals surface area contributed by atoms with Crippen molar-refractivity contribution in [1.82, 2.24) is 20.3 Å². The fourth-order valence-corrected chi connectivity index (χ4v) is 5.40. The predicted octanol–water partition coefficient (Wildman–Crippen LogP) is 4.08. The zero-order chi connectivity index (χ0) is 33.4. The van der Waals surface area contributed by atoms with Gasteiger partial charge in [-0.1, -0.05) is 0 Å². The number of amides is 1.